The third kappa shape index (κ3) is 7.97. The van der Waals surface area contributed by atoms with Gasteiger partial charge in [0.2, 0.25) is 0 Å². The highest BCUT2D eigenvalue weighted by molar-refractivity contribution is 7.46. The summed E-state index contributed by atoms with van der Waals surface area (Å²) < 4.78 is 43.8. The predicted octanol–water partition coefficient (Wildman–Crippen LogP) is -1.89. The third-order valence-electron chi connectivity index (χ3n) is 7.07. The number of alkyl halides is 1. The van der Waals surface area contributed by atoms with Crippen LogP contribution < -0.4 is 11.1 Å². The summed E-state index contributed by atoms with van der Waals surface area (Å²) in [5.41, 5.74) is 5.72. The van der Waals surface area contributed by atoms with E-state index < -0.39 is 83.4 Å². The van der Waals surface area contributed by atoms with E-state index in [1.807, 2.05) is 0 Å². The second-order valence-corrected chi connectivity index (χ2v) is 13.7. The lowest BCUT2D eigenvalue weighted by Gasteiger charge is -2.22. The monoisotopic (exact) mass is 763 g/mol. The van der Waals surface area contributed by atoms with Gasteiger partial charge in [-0.05, 0) is 6.92 Å². The Balaban J connectivity index is 0.000000188. The van der Waals surface area contributed by atoms with E-state index in [0.29, 0.717) is 28.5 Å². The molecule has 11 N–H and O–H groups in total. The van der Waals surface area contributed by atoms with Gasteiger partial charge in [-0.1, -0.05) is 23.2 Å². The fraction of sp³-hybridized carbons (Fsp3) is 0.571. The predicted molar refractivity (Wildman–Crippen MR) is 159 cm³/mol. The minimum atomic E-state index is -4.73. The Morgan fingerprint density at radius 1 is 0.896 bits per heavy atom. The minimum absolute atomic E-state index is 0.0404. The van der Waals surface area contributed by atoms with Crippen LogP contribution >= 0.6 is 38.8 Å². The van der Waals surface area contributed by atoms with Gasteiger partial charge in [0.05, 0.1) is 25.9 Å². The molecular weight excluding hydrogens is 735 g/mol. The molecule has 3 unspecified atom stereocenters. The largest absolute Gasteiger partial charge is 0.469 e. The lowest BCUT2D eigenvalue weighted by molar-refractivity contribution is -0.0511. The number of rotatable bonds is 8. The minimum Gasteiger partial charge on any atom is -0.387 e. The molecular formula is C21H29Cl2N9O14P2. The molecule has 48 heavy (non-hydrogen) atoms. The van der Waals surface area contributed by atoms with Crippen molar-refractivity contribution < 1.29 is 67.7 Å². The first-order valence-corrected chi connectivity index (χ1v) is 17.3. The first-order chi connectivity index (χ1) is 22.3. The summed E-state index contributed by atoms with van der Waals surface area (Å²) in [6.45, 7) is 0.422. The highest BCUT2D eigenvalue weighted by Gasteiger charge is 2.47. The van der Waals surface area contributed by atoms with E-state index in [2.05, 4.69) is 39.3 Å². The van der Waals surface area contributed by atoms with Crippen LogP contribution in [0.4, 0.5) is 5.82 Å². The molecule has 6 heterocycles. The molecule has 0 saturated carbocycles. The van der Waals surface area contributed by atoms with Crippen LogP contribution in [0.2, 0.25) is 5.15 Å². The van der Waals surface area contributed by atoms with Gasteiger partial charge in [-0.3, -0.25) is 18.2 Å². The zero-order valence-corrected chi connectivity index (χ0v) is 27.5. The lowest BCUT2D eigenvalue weighted by atomic mass is 10.1. The zero-order valence-electron chi connectivity index (χ0n) is 24.2. The van der Waals surface area contributed by atoms with Gasteiger partial charge in [0.1, 0.15) is 59.5 Å². The van der Waals surface area contributed by atoms with E-state index in [0.717, 1.165) is 0 Å². The highest BCUT2D eigenvalue weighted by Crippen LogP contribution is 2.41. The Labute approximate surface area is 278 Å². The van der Waals surface area contributed by atoms with E-state index in [1.54, 1.807) is 6.92 Å². The fourth-order valence-corrected chi connectivity index (χ4v) is 6.12. The molecule has 0 bridgehead atoms. The molecule has 2 saturated heterocycles. The van der Waals surface area contributed by atoms with E-state index >= 15 is 0 Å². The molecule has 9 atom stereocenters. The molecule has 2 fully saturated rings. The Morgan fingerprint density at radius 2 is 1.42 bits per heavy atom. The topological polar surface area (TPSA) is 345 Å². The van der Waals surface area contributed by atoms with Crippen molar-refractivity contribution in [3.8, 4) is 0 Å². The zero-order chi connectivity index (χ0) is 35.3. The van der Waals surface area contributed by atoms with E-state index in [1.165, 1.54) is 21.8 Å². The quantitative estimate of drug-likeness (QED) is 0.0518. The molecule has 0 amide bonds. The third-order valence-corrected chi connectivity index (χ3v) is 8.61. The van der Waals surface area contributed by atoms with Crippen molar-refractivity contribution in [2.75, 3.05) is 18.5 Å². The van der Waals surface area contributed by atoms with Crippen LogP contribution in [0.25, 0.3) is 11.2 Å². The number of aryl methyl sites for hydroxylation is 1. The van der Waals surface area contributed by atoms with Crippen LogP contribution in [0.3, 0.4) is 0 Å². The van der Waals surface area contributed by atoms with Crippen molar-refractivity contribution >= 4 is 61.8 Å². The second-order valence-electron chi connectivity index (χ2n) is 10.4. The van der Waals surface area contributed by atoms with Gasteiger partial charge < -0.3 is 60.5 Å². The smallest absolute Gasteiger partial charge is 0.387 e. The molecule has 0 aliphatic carbocycles. The molecule has 3 aliphatic heterocycles. The number of hydrogen-bond donors (Lipinski definition) is 10. The molecule has 23 nitrogen and oxygen atoms in total. The summed E-state index contributed by atoms with van der Waals surface area (Å²) in [7, 11) is -9.46. The number of halogens is 2. The number of aliphatic hydroxyl groups is 4. The molecule has 3 aromatic heterocycles. The van der Waals surface area contributed by atoms with Gasteiger partial charge >= 0.3 is 15.6 Å². The normalized spacial score (nSPS) is 30.5. The molecule has 0 aromatic carbocycles. The fourth-order valence-electron chi connectivity index (χ4n) is 4.91. The molecule has 3 aromatic rings. The molecule has 0 spiro atoms. The highest BCUT2D eigenvalue weighted by atomic mass is 35.5. The summed E-state index contributed by atoms with van der Waals surface area (Å²) in [6.07, 6.45) is -7.48. The number of hydrogen-bond acceptors (Lipinski definition) is 17. The van der Waals surface area contributed by atoms with Crippen molar-refractivity contribution in [3.05, 3.63) is 29.3 Å². The molecule has 27 heteroatoms. The second kappa shape index (κ2) is 14.1. The molecule has 266 valence electrons. The number of aliphatic imine (C=N–C) groups is 1. The summed E-state index contributed by atoms with van der Waals surface area (Å²) in [4.78, 5) is 55.0. The summed E-state index contributed by atoms with van der Waals surface area (Å²) >= 11 is 12.0. The summed E-state index contributed by atoms with van der Waals surface area (Å²) in [6, 6.07) is 0. The number of nitrogens with zero attached hydrogens (tertiary/aromatic N) is 7. The number of nitrogens with two attached hydrogens (primary N) is 1. The number of guanidine groups is 1. The maximum Gasteiger partial charge on any atom is 0.469 e. The molecule has 6 rings (SSSR count). The Bertz CT molecular complexity index is 1770. The maximum absolute atomic E-state index is 10.8. The Hall–Kier alpha value is -2.41. The van der Waals surface area contributed by atoms with Gasteiger partial charge in [-0.2, -0.15) is 0 Å². The van der Waals surface area contributed by atoms with Gasteiger partial charge in [0.15, 0.2) is 34.7 Å². The SMILES string of the molecule is Cc1nc(Cl)c2ncn([C@@H]3OC(COP(=O)(O)O)[C@@H](O)[C@H]3O)c2n1.NC1=NC(Cl)c2ncn([C@@H]3OC(COP(=O)(O)O)[C@@H](O)[C@H]3O)c2N1. The number of aromatic nitrogens is 6. The standard InChI is InChI=1S/C11H14ClN4O7P.C10H15ClN5O7P/c1-4-14-9(12)6-10(15-4)16(3-13-6)11-8(18)7(17)5(23-11)2-22-24(19,20)21;11-7-4-8(15-10(12)14-7)16(2-13-4)9-6(18)5(17)3(23-9)1-22-24(19,20)21/h3,5,7-8,11,17-18H,2H2,1H3,(H2,19,20,21);2-3,5-7,9,17-18H,1H2,(H3,12,14,15)(H2,19,20,21)/t5?,7-,8-,11-;3?,5-,6-,7?,9-/m11/s1. The van der Waals surface area contributed by atoms with E-state index in [4.69, 9.17) is 58.0 Å². The first kappa shape index (κ1) is 36.9. The van der Waals surface area contributed by atoms with Gasteiger partial charge in [0, 0.05) is 0 Å². The van der Waals surface area contributed by atoms with Crippen molar-refractivity contribution in [1.29, 1.82) is 0 Å². The van der Waals surface area contributed by atoms with Crippen LogP contribution in [0.15, 0.2) is 17.6 Å². The van der Waals surface area contributed by atoms with Gasteiger partial charge in [-0.25, -0.2) is 34.1 Å². The lowest BCUT2D eigenvalue weighted by Crippen LogP contribution is -2.34. The number of anilines is 1. The van der Waals surface area contributed by atoms with Crippen LogP contribution in [-0.2, 0) is 27.7 Å². The van der Waals surface area contributed by atoms with Crippen molar-refractivity contribution in [2.45, 2.75) is 61.5 Å². The number of phosphoric acid groups is 2. The Morgan fingerprint density at radius 3 is 1.96 bits per heavy atom. The average Bonchev–Trinajstić information content (AvgIpc) is 3.72. The summed E-state index contributed by atoms with van der Waals surface area (Å²) in [5.74, 6) is 0.748. The number of aliphatic hydroxyl groups excluding tert-OH is 4. The van der Waals surface area contributed by atoms with E-state index in [-0.39, 0.29) is 11.1 Å². The van der Waals surface area contributed by atoms with Crippen LogP contribution in [0.1, 0.15) is 29.5 Å². The average molecular weight is 764 g/mol. The van der Waals surface area contributed by atoms with E-state index in [9.17, 15) is 29.6 Å². The van der Waals surface area contributed by atoms with Gasteiger partial charge in [-0.15, -0.1) is 0 Å². The first-order valence-electron chi connectivity index (χ1n) is 13.5. The van der Waals surface area contributed by atoms with Crippen molar-refractivity contribution in [1.82, 2.24) is 29.1 Å². The van der Waals surface area contributed by atoms with Crippen molar-refractivity contribution in [3.63, 3.8) is 0 Å². The van der Waals surface area contributed by atoms with Crippen molar-refractivity contribution in [2.24, 2.45) is 10.7 Å². The van der Waals surface area contributed by atoms with Gasteiger partial charge in [0.25, 0.3) is 0 Å². The van der Waals surface area contributed by atoms with Crippen LogP contribution in [0.5, 0.6) is 0 Å². The molecule has 3 aliphatic rings. The van der Waals surface area contributed by atoms with Crippen LogP contribution in [-0.4, -0.2) is 125 Å². The van der Waals surface area contributed by atoms with Crippen LogP contribution in [0, 0.1) is 6.92 Å². The number of ether oxygens (including phenoxy) is 2. The number of fused-ring (bicyclic) bond motifs is 2. The molecule has 0 radical (unpaired) electrons. The number of nitrogens with one attached hydrogen (secondary N) is 1. The maximum atomic E-state index is 10.8. The Kier molecular flexibility index (Phi) is 10.8. The summed E-state index contributed by atoms with van der Waals surface area (Å²) in [5, 5.41) is 43.2. The number of phosphoric ester groups is 2. The number of imidazole rings is 2.